The second kappa shape index (κ2) is 8.00. The lowest BCUT2D eigenvalue weighted by Crippen LogP contribution is -2.39. The van der Waals surface area contributed by atoms with Gasteiger partial charge in [-0.3, -0.25) is 9.79 Å². The molecule has 5 nitrogen and oxygen atoms in total. The predicted molar refractivity (Wildman–Crippen MR) is 106 cm³/mol. The highest BCUT2D eigenvalue weighted by Gasteiger charge is 2.44. The highest BCUT2D eigenvalue weighted by molar-refractivity contribution is 6.11. The van der Waals surface area contributed by atoms with Crippen molar-refractivity contribution in [2.75, 3.05) is 13.2 Å². The van der Waals surface area contributed by atoms with Crippen molar-refractivity contribution in [2.24, 2.45) is 10.9 Å². The molecule has 28 heavy (non-hydrogen) atoms. The van der Waals surface area contributed by atoms with E-state index in [9.17, 15) is 9.59 Å². The normalized spacial score (nSPS) is 27.4. The number of rotatable bonds is 4. The van der Waals surface area contributed by atoms with Crippen LogP contribution >= 0.6 is 0 Å². The topological polar surface area (TPSA) is 65.0 Å². The van der Waals surface area contributed by atoms with Crippen LogP contribution in [0.15, 0.2) is 40.5 Å². The first-order chi connectivity index (χ1) is 13.6. The summed E-state index contributed by atoms with van der Waals surface area (Å²) in [6.07, 6.45) is 4.08. The fraction of sp³-hybridized carbons (Fsp3) is 0.522. The number of fused-ring (bicyclic) bond motifs is 1. The minimum Gasteiger partial charge on any atom is -0.460 e. The molecular weight excluding hydrogens is 354 g/mol. The number of esters is 1. The van der Waals surface area contributed by atoms with Gasteiger partial charge in [-0.05, 0) is 50.7 Å². The SMILES string of the molecule is CC1=C(C(=O)OC[C@@H]2CCCO2)[C@H](c2ccccc2C)C2C(=O)CCCC2=N1. The van der Waals surface area contributed by atoms with E-state index in [2.05, 4.69) is 4.99 Å². The molecule has 0 N–H and O–H groups in total. The number of hydrogen-bond donors (Lipinski definition) is 0. The molecule has 0 amide bonds. The van der Waals surface area contributed by atoms with E-state index >= 15 is 0 Å². The Morgan fingerprint density at radius 1 is 1.18 bits per heavy atom. The highest BCUT2D eigenvalue weighted by Crippen LogP contribution is 2.44. The van der Waals surface area contributed by atoms with Crippen molar-refractivity contribution >= 4 is 17.5 Å². The lowest BCUT2D eigenvalue weighted by molar-refractivity contribution is -0.142. The first kappa shape index (κ1) is 19.1. The van der Waals surface area contributed by atoms with Crippen molar-refractivity contribution in [3.63, 3.8) is 0 Å². The number of ether oxygens (including phenoxy) is 2. The number of nitrogens with zero attached hydrogens (tertiary/aromatic N) is 1. The van der Waals surface area contributed by atoms with E-state index in [4.69, 9.17) is 9.47 Å². The summed E-state index contributed by atoms with van der Waals surface area (Å²) in [4.78, 5) is 30.7. The van der Waals surface area contributed by atoms with Crippen LogP contribution in [0.4, 0.5) is 0 Å². The van der Waals surface area contributed by atoms with Crippen LogP contribution in [0.25, 0.3) is 0 Å². The first-order valence-electron chi connectivity index (χ1n) is 10.2. The number of allylic oxidation sites excluding steroid dienone is 1. The fourth-order valence-electron chi connectivity index (χ4n) is 4.68. The molecule has 5 heteroatoms. The lowest BCUT2D eigenvalue weighted by Gasteiger charge is -2.36. The van der Waals surface area contributed by atoms with Gasteiger partial charge in [-0.25, -0.2) is 4.79 Å². The average Bonchev–Trinajstić information content (AvgIpc) is 3.19. The van der Waals surface area contributed by atoms with E-state index < -0.39 is 0 Å². The van der Waals surface area contributed by atoms with E-state index in [1.807, 2.05) is 38.1 Å². The van der Waals surface area contributed by atoms with Gasteiger partial charge in [-0.15, -0.1) is 0 Å². The fourth-order valence-corrected chi connectivity index (χ4v) is 4.68. The lowest BCUT2D eigenvalue weighted by atomic mass is 9.69. The molecule has 0 spiro atoms. The summed E-state index contributed by atoms with van der Waals surface area (Å²) < 4.78 is 11.2. The number of hydrogen-bond acceptors (Lipinski definition) is 5. The maximum Gasteiger partial charge on any atom is 0.336 e. The molecule has 1 aromatic rings. The van der Waals surface area contributed by atoms with E-state index in [0.717, 1.165) is 49.1 Å². The zero-order valence-corrected chi connectivity index (χ0v) is 16.6. The minimum atomic E-state index is -0.373. The van der Waals surface area contributed by atoms with Gasteiger partial charge in [0, 0.05) is 30.4 Å². The van der Waals surface area contributed by atoms with Crippen molar-refractivity contribution in [2.45, 2.75) is 58.0 Å². The Bertz CT molecular complexity index is 848. The smallest absolute Gasteiger partial charge is 0.336 e. The average molecular weight is 381 g/mol. The van der Waals surface area contributed by atoms with Gasteiger partial charge in [-0.2, -0.15) is 0 Å². The molecule has 2 aliphatic heterocycles. The molecule has 0 bridgehead atoms. The van der Waals surface area contributed by atoms with Crippen molar-refractivity contribution in [1.82, 2.24) is 0 Å². The van der Waals surface area contributed by atoms with E-state index in [1.165, 1.54) is 0 Å². The second-order valence-corrected chi connectivity index (χ2v) is 7.97. The molecule has 0 aromatic heterocycles. The van der Waals surface area contributed by atoms with Gasteiger partial charge in [-0.1, -0.05) is 24.3 Å². The summed E-state index contributed by atoms with van der Waals surface area (Å²) >= 11 is 0. The molecule has 1 saturated carbocycles. The Morgan fingerprint density at radius 3 is 2.75 bits per heavy atom. The zero-order chi connectivity index (χ0) is 19.7. The molecule has 1 aromatic carbocycles. The number of aryl methyl sites for hydroxylation is 1. The van der Waals surface area contributed by atoms with Gasteiger partial charge >= 0.3 is 5.97 Å². The third-order valence-corrected chi connectivity index (χ3v) is 6.08. The van der Waals surface area contributed by atoms with Gasteiger partial charge in [0.25, 0.3) is 0 Å². The largest absolute Gasteiger partial charge is 0.460 e. The number of benzene rings is 1. The zero-order valence-electron chi connectivity index (χ0n) is 16.6. The van der Waals surface area contributed by atoms with Gasteiger partial charge < -0.3 is 9.47 Å². The highest BCUT2D eigenvalue weighted by atomic mass is 16.6. The molecule has 3 aliphatic rings. The molecule has 3 atom stereocenters. The molecule has 148 valence electrons. The Morgan fingerprint density at radius 2 is 2.00 bits per heavy atom. The van der Waals surface area contributed by atoms with Crippen molar-refractivity contribution in [3.8, 4) is 0 Å². The summed E-state index contributed by atoms with van der Waals surface area (Å²) in [6.45, 7) is 4.86. The second-order valence-electron chi connectivity index (χ2n) is 7.97. The van der Waals surface area contributed by atoms with Crippen molar-refractivity contribution in [1.29, 1.82) is 0 Å². The van der Waals surface area contributed by atoms with Crippen LogP contribution in [-0.2, 0) is 19.1 Å². The van der Waals surface area contributed by atoms with Gasteiger partial charge in [0.05, 0.1) is 17.6 Å². The van der Waals surface area contributed by atoms with Crippen molar-refractivity contribution in [3.05, 3.63) is 46.7 Å². The Kier molecular flexibility index (Phi) is 5.44. The third-order valence-electron chi connectivity index (χ3n) is 6.08. The van der Waals surface area contributed by atoms with Crippen LogP contribution in [0.5, 0.6) is 0 Å². The minimum absolute atomic E-state index is 0.0271. The quantitative estimate of drug-likeness (QED) is 0.742. The summed E-state index contributed by atoms with van der Waals surface area (Å²) in [6, 6.07) is 7.99. The maximum atomic E-state index is 13.1. The van der Waals surface area contributed by atoms with Crippen LogP contribution in [0.2, 0.25) is 0 Å². The van der Waals surface area contributed by atoms with Crippen molar-refractivity contribution < 1.29 is 19.1 Å². The molecular formula is C23H27NO4. The number of carbonyl (C=O) groups excluding carboxylic acids is 2. The van der Waals surface area contributed by atoms with E-state index in [1.54, 1.807) is 0 Å². The van der Waals surface area contributed by atoms with E-state index in [0.29, 0.717) is 17.7 Å². The van der Waals surface area contributed by atoms with Crippen LogP contribution in [0.1, 0.15) is 56.1 Å². The molecule has 2 heterocycles. The Balaban J connectivity index is 1.71. The number of carbonyl (C=O) groups is 2. The number of aliphatic imine (C=N–C) groups is 1. The summed E-state index contributed by atoms with van der Waals surface area (Å²) in [7, 11) is 0. The predicted octanol–water partition coefficient (Wildman–Crippen LogP) is 3.90. The number of Topliss-reactive ketones (excluding diaryl/α,β-unsaturated/α-hetero) is 1. The third kappa shape index (κ3) is 3.55. The van der Waals surface area contributed by atoms with Crippen LogP contribution < -0.4 is 0 Å². The molecule has 4 rings (SSSR count). The number of ketones is 1. The monoisotopic (exact) mass is 381 g/mol. The summed E-state index contributed by atoms with van der Waals surface area (Å²) in [5.74, 6) is -0.875. The molecule has 1 aliphatic carbocycles. The Hall–Kier alpha value is -2.27. The van der Waals surface area contributed by atoms with Gasteiger partial charge in [0.2, 0.25) is 0 Å². The summed E-state index contributed by atoms with van der Waals surface area (Å²) in [5.41, 5.74) is 4.20. The first-order valence-corrected chi connectivity index (χ1v) is 10.2. The standard InChI is InChI=1S/C23H27NO4/c1-14-7-3-4-9-17(14)21-20(23(26)28-13-16-8-6-12-27-16)15(2)24-18-10-5-11-19(25)22(18)21/h3-4,7,9,16,21-22H,5-6,8,10-13H2,1-2H3/t16-,21-,22?/m0/s1. The molecule has 2 fully saturated rings. The van der Waals surface area contributed by atoms with E-state index in [-0.39, 0.29) is 36.3 Å². The Labute approximate surface area is 165 Å². The molecule has 0 radical (unpaired) electrons. The molecule has 1 unspecified atom stereocenters. The van der Waals surface area contributed by atoms with Crippen LogP contribution in [0.3, 0.4) is 0 Å². The summed E-state index contributed by atoms with van der Waals surface area (Å²) in [5, 5.41) is 0. The van der Waals surface area contributed by atoms with Crippen LogP contribution in [-0.4, -0.2) is 36.8 Å². The van der Waals surface area contributed by atoms with Gasteiger partial charge in [0.15, 0.2) is 0 Å². The maximum absolute atomic E-state index is 13.1. The van der Waals surface area contributed by atoms with Crippen LogP contribution in [0, 0.1) is 12.8 Å². The van der Waals surface area contributed by atoms with Gasteiger partial charge in [0.1, 0.15) is 12.4 Å². The molecule has 1 saturated heterocycles.